The van der Waals surface area contributed by atoms with Crippen LogP contribution in [0.1, 0.15) is 28.0 Å². The largest absolute Gasteiger partial charge is 0.490 e. The average molecular weight is 309 g/mol. The highest BCUT2D eigenvalue weighted by Crippen LogP contribution is 2.30. The summed E-state index contributed by atoms with van der Waals surface area (Å²) in [5.74, 6) is 1.19. The van der Waals surface area contributed by atoms with Crippen LogP contribution in [-0.4, -0.2) is 24.1 Å². The zero-order valence-corrected chi connectivity index (χ0v) is 12.4. The van der Waals surface area contributed by atoms with Crippen LogP contribution in [0, 0.1) is 11.3 Å². The molecule has 0 spiro atoms. The summed E-state index contributed by atoms with van der Waals surface area (Å²) in [7, 11) is 0. The summed E-state index contributed by atoms with van der Waals surface area (Å²) in [4.78, 5) is 16.0. The molecule has 23 heavy (non-hydrogen) atoms. The van der Waals surface area contributed by atoms with Crippen LogP contribution in [0.25, 0.3) is 0 Å². The van der Waals surface area contributed by atoms with Gasteiger partial charge in [0.1, 0.15) is 11.8 Å². The average Bonchev–Trinajstić information content (AvgIpc) is 2.84. The van der Waals surface area contributed by atoms with Crippen LogP contribution >= 0.6 is 0 Å². The monoisotopic (exact) mass is 309 g/mol. The smallest absolute Gasteiger partial charge is 0.253 e. The number of amides is 1. The number of carbonyl (C=O) groups excluding carboxylic acids is 1. The molecule has 1 aromatic carbocycles. The second-order valence-electron chi connectivity index (χ2n) is 5.06. The summed E-state index contributed by atoms with van der Waals surface area (Å²) in [6, 6.07) is 10.6. The summed E-state index contributed by atoms with van der Waals surface area (Å²) in [5, 5.41) is 11.5. The number of nitriles is 1. The van der Waals surface area contributed by atoms with Crippen LogP contribution in [0.5, 0.6) is 11.5 Å². The quantitative estimate of drug-likeness (QED) is 0.938. The van der Waals surface area contributed by atoms with Crippen molar-refractivity contribution < 1.29 is 14.3 Å². The predicted octanol–water partition coefficient (Wildman–Crippen LogP) is 2.04. The molecule has 0 fully saturated rings. The molecule has 1 amide bonds. The minimum Gasteiger partial charge on any atom is -0.490 e. The number of benzene rings is 1. The molecule has 2 aromatic rings. The van der Waals surface area contributed by atoms with Crippen molar-refractivity contribution in [2.75, 3.05) is 13.2 Å². The molecule has 0 bridgehead atoms. The summed E-state index contributed by atoms with van der Waals surface area (Å²) in [6.45, 7) is 1.64. The lowest BCUT2D eigenvalue weighted by atomic mass is 10.2. The lowest BCUT2D eigenvalue weighted by molar-refractivity contribution is 0.0950. The van der Waals surface area contributed by atoms with E-state index < -0.39 is 0 Å². The Morgan fingerprint density at radius 2 is 2.04 bits per heavy atom. The maximum absolute atomic E-state index is 12.1. The Balaban J connectivity index is 1.64. The van der Waals surface area contributed by atoms with Gasteiger partial charge >= 0.3 is 0 Å². The Kier molecular flexibility index (Phi) is 4.39. The topological polar surface area (TPSA) is 84.2 Å². The maximum Gasteiger partial charge on any atom is 0.253 e. The van der Waals surface area contributed by atoms with E-state index in [1.165, 1.54) is 12.3 Å². The molecule has 0 radical (unpaired) electrons. The zero-order valence-electron chi connectivity index (χ0n) is 12.4. The number of hydrogen-bond donors (Lipinski definition) is 1. The van der Waals surface area contributed by atoms with Gasteiger partial charge in [0.25, 0.3) is 5.91 Å². The van der Waals surface area contributed by atoms with Crippen molar-refractivity contribution in [1.82, 2.24) is 10.3 Å². The van der Waals surface area contributed by atoms with E-state index in [1.807, 2.05) is 24.3 Å². The molecule has 0 saturated heterocycles. The molecule has 3 rings (SSSR count). The fraction of sp³-hybridized carbons (Fsp3) is 0.235. The highest BCUT2D eigenvalue weighted by Gasteiger charge is 2.11. The number of nitrogens with one attached hydrogen (secondary N) is 1. The van der Waals surface area contributed by atoms with E-state index >= 15 is 0 Å². The Morgan fingerprint density at radius 3 is 2.78 bits per heavy atom. The van der Waals surface area contributed by atoms with Gasteiger partial charge in [-0.3, -0.25) is 4.79 Å². The van der Waals surface area contributed by atoms with Crippen LogP contribution in [0.3, 0.4) is 0 Å². The first-order valence-electron chi connectivity index (χ1n) is 7.29. The SMILES string of the molecule is N#Cc1ccc(C(=O)NCc2ccc3c(c2)OCCCO3)cn1. The number of hydrogen-bond acceptors (Lipinski definition) is 5. The molecule has 1 N–H and O–H groups in total. The van der Waals surface area contributed by atoms with Gasteiger partial charge in [-0.15, -0.1) is 0 Å². The Labute approximate surface area is 133 Å². The van der Waals surface area contributed by atoms with Gasteiger partial charge in [-0.1, -0.05) is 6.07 Å². The minimum atomic E-state index is -0.242. The molecule has 0 unspecified atom stereocenters. The number of ether oxygens (including phenoxy) is 2. The lowest BCUT2D eigenvalue weighted by Crippen LogP contribution is -2.23. The first kappa shape index (κ1) is 14.9. The van der Waals surface area contributed by atoms with Crippen molar-refractivity contribution in [3.63, 3.8) is 0 Å². The summed E-state index contributed by atoms with van der Waals surface area (Å²) in [5.41, 5.74) is 1.62. The molecule has 0 aliphatic carbocycles. The summed E-state index contributed by atoms with van der Waals surface area (Å²) >= 11 is 0. The molecule has 6 heteroatoms. The van der Waals surface area contributed by atoms with Gasteiger partial charge in [-0.2, -0.15) is 5.26 Å². The lowest BCUT2D eigenvalue weighted by Gasteiger charge is -2.10. The van der Waals surface area contributed by atoms with Gasteiger partial charge in [0.05, 0.1) is 18.8 Å². The fourth-order valence-electron chi connectivity index (χ4n) is 2.20. The van der Waals surface area contributed by atoms with Gasteiger partial charge in [-0.25, -0.2) is 4.98 Å². The number of fused-ring (bicyclic) bond motifs is 1. The van der Waals surface area contributed by atoms with Crippen molar-refractivity contribution in [1.29, 1.82) is 5.26 Å². The maximum atomic E-state index is 12.1. The van der Waals surface area contributed by atoms with E-state index in [9.17, 15) is 4.79 Å². The van der Waals surface area contributed by atoms with E-state index in [2.05, 4.69) is 10.3 Å². The number of pyridine rings is 1. The van der Waals surface area contributed by atoms with Crippen molar-refractivity contribution >= 4 is 5.91 Å². The van der Waals surface area contributed by atoms with E-state index in [0.717, 1.165) is 17.7 Å². The summed E-state index contributed by atoms with van der Waals surface area (Å²) < 4.78 is 11.2. The third-order valence-corrected chi connectivity index (χ3v) is 3.41. The van der Waals surface area contributed by atoms with Gasteiger partial charge < -0.3 is 14.8 Å². The fourth-order valence-corrected chi connectivity index (χ4v) is 2.20. The molecular weight excluding hydrogens is 294 g/mol. The van der Waals surface area contributed by atoms with Crippen LogP contribution in [0.15, 0.2) is 36.5 Å². The molecule has 0 atom stereocenters. The predicted molar refractivity (Wildman–Crippen MR) is 82.2 cm³/mol. The van der Waals surface area contributed by atoms with Gasteiger partial charge in [0, 0.05) is 19.2 Å². The van der Waals surface area contributed by atoms with Gasteiger partial charge in [0.15, 0.2) is 11.5 Å². The number of aromatic nitrogens is 1. The van der Waals surface area contributed by atoms with Crippen LogP contribution < -0.4 is 14.8 Å². The molecule has 0 saturated carbocycles. The highest BCUT2D eigenvalue weighted by atomic mass is 16.5. The van der Waals surface area contributed by atoms with Crippen LogP contribution in [0.4, 0.5) is 0 Å². The van der Waals surface area contributed by atoms with Crippen molar-refractivity contribution in [2.45, 2.75) is 13.0 Å². The standard InChI is InChI=1S/C17H15N3O3/c18-9-14-4-3-13(11-19-14)17(21)20-10-12-2-5-15-16(8-12)23-7-1-6-22-15/h2-5,8,11H,1,6-7,10H2,(H,20,21). The van der Waals surface area contributed by atoms with E-state index in [4.69, 9.17) is 14.7 Å². The Bertz CT molecular complexity index is 751. The highest BCUT2D eigenvalue weighted by molar-refractivity contribution is 5.93. The molecular formula is C17H15N3O3. The first-order chi connectivity index (χ1) is 11.3. The molecule has 1 aliphatic rings. The van der Waals surface area contributed by atoms with Crippen molar-refractivity contribution in [3.8, 4) is 17.6 Å². The van der Waals surface area contributed by atoms with Gasteiger partial charge in [0.2, 0.25) is 0 Å². The third-order valence-electron chi connectivity index (χ3n) is 3.41. The second-order valence-corrected chi connectivity index (χ2v) is 5.06. The summed E-state index contributed by atoms with van der Waals surface area (Å²) in [6.07, 6.45) is 2.24. The van der Waals surface area contributed by atoms with E-state index in [1.54, 1.807) is 6.07 Å². The molecule has 1 aliphatic heterocycles. The van der Waals surface area contributed by atoms with Crippen molar-refractivity contribution in [3.05, 3.63) is 53.3 Å². The molecule has 2 heterocycles. The number of carbonyl (C=O) groups is 1. The molecule has 116 valence electrons. The van der Waals surface area contributed by atoms with Crippen LogP contribution in [0.2, 0.25) is 0 Å². The van der Waals surface area contributed by atoms with Gasteiger partial charge in [-0.05, 0) is 29.8 Å². The van der Waals surface area contributed by atoms with E-state index in [-0.39, 0.29) is 11.6 Å². The van der Waals surface area contributed by atoms with Crippen LogP contribution in [-0.2, 0) is 6.54 Å². The minimum absolute atomic E-state index is 0.242. The Morgan fingerprint density at radius 1 is 1.22 bits per heavy atom. The number of rotatable bonds is 3. The van der Waals surface area contributed by atoms with Crippen molar-refractivity contribution in [2.24, 2.45) is 0 Å². The van der Waals surface area contributed by atoms with E-state index in [0.29, 0.717) is 31.1 Å². The number of nitrogens with zero attached hydrogens (tertiary/aromatic N) is 2. The zero-order chi connectivity index (χ0) is 16.1. The Hall–Kier alpha value is -3.07. The third kappa shape index (κ3) is 3.58. The molecule has 1 aromatic heterocycles. The molecule has 6 nitrogen and oxygen atoms in total. The second kappa shape index (κ2) is 6.79. The first-order valence-corrected chi connectivity index (χ1v) is 7.29. The normalized spacial score (nSPS) is 12.8.